The zero-order valence-electron chi connectivity index (χ0n) is 13.2. The van der Waals surface area contributed by atoms with Crippen LogP contribution >= 0.6 is 22.6 Å². The van der Waals surface area contributed by atoms with E-state index in [-0.39, 0.29) is 11.8 Å². The van der Waals surface area contributed by atoms with Crippen LogP contribution in [0.5, 0.6) is 0 Å². The van der Waals surface area contributed by atoms with Gasteiger partial charge in [0.1, 0.15) is 5.82 Å². The summed E-state index contributed by atoms with van der Waals surface area (Å²) < 4.78 is 14.0. The van der Waals surface area contributed by atoms with Gasteiger partial charge in [0.15, 0.2) is 0 Å². The molecule has 0 fully saturated rings. The number of nitrogens with one attached hydrogen (secondary N) is 2. The lowest BCUT2D eigenvalue weighted by atomic mass is 10.1. The minimum Gasteiger partial charge on any atom is -0.348 e. The molecule has 2 amide bonds. The highest BCUT2D eigenvalue weighted by molar-refractivity contribution is 14.1. The third-order valence-corrected chi connectivity index (χ3v) is 4.25. The van der Waals surface area contributed by atoms with Crippen LogP contribution in [0.2, 0.25) is 0 Å². The summed E-state index contributed by atoms with van der Waals surface area (Å²) in [6, 6.07) is 11.4. The molecular weight excluding hydrogens is 422 g/mol. The highest BCUT2D eigenvalue weighted by Gasteiger charge is 2.11. The molecule has 0 radical (unpaired) electrons. The SMILES string of the molecule is CCCC(=O)Nc1cccc(CNC(=O)c2cc(F)ccc2I)c1. The molecule has 2 rings (SSSR count). The molecular formula is C18H18FIN2O2. The Bertz CT molecular complexity index is 750. The van der Waals surface area contributed by atoms with Crippen molar-refractivity contribution < 1.29 is 14.0 Å². The van der Waals surface area contributed by atoms with Crippen LogP contribution in [0.15, 0.2) is 42.5 Å². The predicted molar refractivity (Wildman–Crippen MR) is 100 cm³/mol. The Morgan fingerprint density at radius 3 is 2.71 bits per heavy atom. The summed E-state index contributed by atoms with van der Waals surface area (Å²) in [5.74, 6) is -0.812. The fourth-order valence-corrected chi connectivity index (χ4v) is 2.74. The number of carbonyl (C=O) groups excluding carboxylic acids is 2. The number of benzene rings is 2. The molecule has 0 aliphatic heterocycles. The maximum absolute atomic E-state index is 13.3. The summed E-state index contributed by atoms with van der Waals surface area (Å²) in [4.78, 5) is 23.8. The normalized spacial score (nSPS) is 10.3. The van der Waals surface area contributed by atoms with E-state index >= 15 is 0 Å². The smallest absolute Gasteiger partial charge is 0.252 e. The molecule has 2 N–H and O–H groups in total. The molecule has 0 aliphatic carbocycles. The predicted octanol–water partition coefficient (Wildman–Crippen LogP) is 4.10. The lowest BCUT2D eigenvalue weighted by Gasteiger charge is -2.09. The number of hydrogen-bond donors (Lipinski definition) is 2. The van der Waals surface area contributed by atoms with Crippen molar-refractivity contribution in [3.8, 4) is 0 Å². The quantitative estimate of drug-likeness (QED) is 0.665. The Hall–Kier alpha value is -1.96. The molecule has 0 aromatic heterocycles. The van der Waals surface area contributed by atoms with E-state index in [0.717, 1.165) is 12.0 Å². The summed E-state index contributed by atoms with van der Waals surface area (Å²) in [5.41, 5.74) is 1.85. The van der Waals surface area contributed by atoms with Crippen molar-refractivity contribution in [3.05, 3.63) is 63.0 Å². The fourth-order valence-electron chi connectivity index (χ4n) is 2.16. The van der Waals surface area contributed by atoms with Crippen molar-refractivity contribution in [2.45, 2.75) is 26.3 Å². The van der Waals surface area contributed by atoms with Crippen LogP contribution in [0.4, 0.5) is 10.1 Å². The van der Waals surface area contributed by atoms with Crippen molar-refractivity contribution in [2.75, 3.05) is 5.32 Å². The van der Waals surface area contributed by atoms with Crippen LogP contribution < -0.4 is 10.6 Å². The molecule has 0 aliphatic rings. The van der Waals surface area contributed by atoms with Crippen LogP contribution in [0.3, 0.4) is 0 Å². The van der Waals surface area contributed by atoms with Gasteiger partial charge in [0, 0.05) is 22.2 Å². The summed E-state index contributed by atoms with van der Waals surface area (Å²) in [6.07, 6.45) is 1.26. The summed E-state index contributed by atoms with van der Waals surface area (Å²) in [7, 11) is 0. The summed E-state index contributed by atoms with van der Waals surface area (Å²) in [5, 5.41) is 5.58. The number of amides is 2. The molecule has 4 nitrogen and oxygen atoms in total. The van der Waals surface area contributed by atoms with Gasteiger partial charge < -0.3 is 10.6 Å². The molecule has 0 bridgehead atoms. The van der Waals surface area contributed by atoms with Crippen LogP contribution in [-0.4, -0.2) is 11.8 Å². The second kappa shape index (κ2) is 8.77. The van der Waals surface area contributed by atoms with E-state index in [1.165, 1.54) is 12.1 Å². The second-order valence-electron chi connectivity index (χ2n) is 5.31. The first-order valence-corrected chi connectivity index (χ1v) is 8.69. The van der Waals surface area contributed by atoms with E-state index in [1.807, 2.05) is 47.7 Å². The van der Waals surface area contributed by atoms with Crippen LogP contribution in [0.25, 0.3) is 0 Å². The Morgan fingerprint density at radius 1 is 1.17 bits per heavy atom. The van der Waals surface area contributed by atoms with Gasteiger partial charge in [-0.25, -0.2) is 4.39 Å². The Labute approximate surface area is 154 Å². The summed E-state index contributed by atoms with van der Waals surface area (Å²) in [6.45, 7) is 2.24. The highest BCUT2D eigenvalue weighted by atomic mass is 127. The zero-order valence-corrected chi connectivity index (χ0v) is 15.4. The van der Waals surface area contributed by atoms with Gasteiger partial charge in [-0.1, -0.05) is 19.1 Å². The number of halogens is 2. The van der Waals surface area contributed by atoms with Crippen molar-refractivity contribution in [1.29, 1.82) is 0 Å². The first-order chi connectivity index (χ1) is 11.5. The standard InChI is InChI=1S/C18H18FIN2O2/c1-2-4-17(23)22-14-6-3-5-12(9-14)11-21-18(24)15-10-13(19)7-8-16(15)20/h3,5-10H,2,4,11H2,1H3,(H,21,24)(H,22,23). The molecule has 0 atom stereocenters. The van der Waals surface area contributed by atoms with Gasteiger partial charge in [-0.3, -0.25) is 9.59 Å². The topological polar surface area (TPSA) is 58.2 Å². The first-order valence-electron chi connectivity index (χ1n) is 7.61. The van der Waals surface area contributed by atoms with Gasteiger partial charge in [0.2, 0.25) is 5.91 Å². The molecule has 24 heavy (non-hydrogen) atoms. The fraction of sp³-hybridized carbons (Fsp3) is 0.222. The van der Waals surface area contributed by atoms with Crippen LogP contribution in [0.1, 0.15) is 35.7 Å². The maximum atomic E-state index is 13.3. The third kappa shape index (κ3) is 5.30. The van der Waals surface area contributed by atoms with Crippen molar-refractivity contribution >= 4 is 40.1 Å². The van der Waals surface area contributed by atoms with E-state index in [9.17, 15) is 14.0 Å². The zero-order chi connectivity index (χ0) is 17.5. The Morgan fingerprint density at radius 2 is 1.96 bits per heavy atom. The van der Waals surface area contributed by atoms with E-state index in [2.05, 4.69) is 10.6 Å². The largest absolute Gasteiger partial charge is 0.348 e. The molecule has 2 aromatic carbocycles. The number of anilines is 1. The molecule has 126 valence electrons. The molecule has 2 aromatic rings. The number of hydrogen-bond acceptors (Lipinski definition) is 2. The van der Waals surface area contributed by atoms with Crippen molar-refractivity contribution in [3.63, 3.8) is 0 Å². The molecule has 0 unspecified atom stereocenters. The van der Waals surface area contributed by atoms with E-state index in [0.29, 0.717) is 27.8 Å². The minimum absolute atomic E-state index is 0.0343. The van der Waals surface area contributed by atoms with Crippen LogP contribution in [0, 0.1) is 9.39 Å². The third-order valence-electron chi connectivity index (χ3n) is 3.31. The van der Waals surface area contributed by atoms with E-state index in [4.69, 9.17) is 0 Å². The lowest BCUT2D eigenvalue weighted by Crippen LogP contribution is -2.24. The molecule has 0 saturated carbocycles. The Kier molecular flexibility index (Phi) is 6.72. The van der Waals surface area contributed by atoms with Gasteiger partial charge in [-0.15, -0.1) is 0 Å². The second-order valence-corrected chi connectivity index (χ2v) is 6.47. The van der Waals surface area contributed by atoms with Crippen molar-refractivity contribution in [2.24, 2.45) is 0 Å². The molecule has 0 spiro atoms. The van der Waals surface area contributed by atoms with Gasteiger partial charge in [-0.05, 0) is 64.9 Å². The molecule has 0 heterocycles. The average Bonchev–Trinajstić information content (AvgIpc) is 2.55. The monoisotopic (exact) mass is 440 g/mol. The van der Waals surface area contributed by atoms with E-state index < -0.39 is 5.82 Å². The van der Waals surface area contributed by atoms with Gasteiger partial charge in [0.25, 0.3) is 5.91 Å². The van der Waals surface area contributed by atoms with Crippen LogP contribution in [-0.2, 0) is 11.3 Å². The van der Waals surface area contributed by atoms with Gasteiger partial charge in [0.05, 0.1) is 5.56 Å². The van der Waals surface area contributed by atoms with Gasteiger partial charge in [-0.2, -0.15) is 0 Å². The first kappa shape index (κ1) is 18.4. The number of carbonyl (C=O) groups is 2. The average molecular weight is 440 g/mol. The van der Waals surface area contributed by atoms with Crippen molar-refractivity contribution in [1.82, 2.24) is 5.32 Å². The molecule has 6 heteroatoms. The molecule has 0 saturated heterocycles. The minimum atomic E-state index is -0.443. The maximum Gasteiger partial charge on any atom is 0.252 e. The number of rotatable bonds is 6. The lowest BCUT2D eigenvalue weighted by molar-refractivity contribution is -0.116. The Balaban J connectivity index is 2.00. The highest BCUT2D eigenvalue weighted by Crippen LogP contribution is 2.15. The van der Waals surface area contributed by atoms with E-state index in [1.54, 1.807) is 12.1 Å². The summed E-state index contributed by atoms with van der Waals surface area (Å²) >= 11 is 2.00. The van der Waals surface area contributed by atoms with Gasteiger partial charge >= 0.3 is 0 Å².